The van der Waals surface area contributed by atoms with Crippen LogP contribution in [0.1, 0.15) is 43.1 Å². The number of amides is 3. The van der Waals surface area contributed by atoms with E-state index in [4.69, 9.17) is 0 Å². The maximum Gasteiger partial charge on any atom is 0.241 e. The molecule has 3 amide bonds. The van der Waals surface area contributed by atoms with Crippen molar-refractivity contribution >= 4 is 17.7 Å². The first-order valence-electron chi connectivity index (χ1n) is 9.83. The van der Waals surface area contributed by atoms with Gasteiger partial charge in [0.2, 0.25) is 17.7 Å². The zero-order valence-electron chi connectivity index (χ0n) is 16.2. The predicted octanol–water partition coefficient (Wildman–Crippen LogP) is 1.94. The van der Waals surface area contributed by atoms with Crippen LogP contribution in [0, 0.1) is 17.7 Å². The van der Waals surface area contributed by atoms with Gasteiger partial charge in [0.1, 0.15) is 24.2 Å². The number of likely N-dealkylation sites (tertiary alicyclic amines) is 1. The quantitative estimate of drug-likeness (QED) is 0.780. The van der Waals surface area contributed by atoms with Crippen molar-refractivity contribution in [3.63, 3.8) is 0 Å². The Morgan fingerprint density at radius 1 is 1.17 bits per heavy atom. The van der Waals surface area contributed by atoms with E-state index in [0.29, 0.717) is 24.2 Å². The number of aryl methyl sites for hydroxylation is 1. The second-order valence-electron chi connectivity index (χ2n) is 7.71. The van der Waals surface area contributed by atoms with Crippen LogP contribution in [-0.2, 0) is 21.4 Å². The highest BCUT2D eigenvalue weighted by atomic mass is 19.1. The Hall–Kier alpha value is -3.03. The van der Waals surface area contributed by atoms with Gasteiger partial charge in [-0.1, -0.05) is 25.0 Å². The van der Waals surface area contributed by atoms with Gasteiger partial charge >= 0.3 is 0 Å². The standard InChI is InChI=1S/C21H23FN4O3/c1-25-11-10-23-19(25)18(13-6-8-14(22)9-7-13)24-17(27)12-26-20(28)15-4-2-3-5-16(15)21(26)29/h6-11,15-16,18H,2-5,12H2,1H3,(H,24,27). The van der Waals surface area contributed by atoms with Crippen molar-refractivity contribution in [2.45, 2.75) is 31.7 Å². The molecule has 1 saturated heterocycles. The van der Waals surface area contributed by atoms with E-state index in [2.05, 4.69) is 10.3 Å². The zero-order chi connectivity index (χ0) is 20.5. The molecular weight excluding hydrogens is 375 g/mol. The molecule has 8 heteroatoms. The van der Waals surface area contributed by atoms with Crippen molar-refractivity contribution in [1.82, 2.24) is 19.8 Å². The van der Waals surface area contributed by atoms with Gasteiger partial charge in [-0.2, -0.15) is 0 Å². The van der Waals surface area contributed by atoms with E-state index in [0.717, 1.165) is 17.7 Å². The molecule has 7 nitrogen and oxygen atoms in total. The van der Waals surface area contributed by atoms with Crippen LogP contribution in [-0.4, -0.2) is 38.7 Å². The molecule has 2 heterocycles. The topological polar surface area (TPSA) is 84.3 Å². The molecule has 152 valence electrons. The van der Waals surface area contributed by atoms with Crippen LogP contribution in [0.25, 0.3) is 0 Å². The highest BCUT2D eigenvalue weighted by molar-refractivity contribution is 6.07. The first kappa shape index (κ1) is 19.3. The summed E-state index contributed by atoms with van der Waals surface area (Å²) in [7, 11) is 1.79. The molecule has 2 aromatic rings. The van der Waals surface area contributed by atoms with E-state index in [-0.39, 0.29) is 36.0 Å². The Bertz CT molecular complexity index is 916. The molecule has 4 rings (SSSR count). The van der Waals surface area contributed by atoms with Crippen LogP contribution in [0.15, 0.2) is 36.7 Å². The molecule has 2 aliphatic rings. The van der Waals surface area contributed by atoms with Gasteiger partial charge in [0.25, 0.3) is 0 Å². The minimum Gasteiger partial charge on any atom is -0.341 e. The lowest BCUT2D eigenvalue weighted by molar-refractivity contribution is -0.143. The van der Waals surface area contributed by atoms with Crippen molar-refractivity contribution in [3.8, 4) is 0 Å². The van der Waals surface area contributed by atoms with Crippen molar-refractivity contribution < 1.29 is 18.8 Å². The van der Waals surface area contributed by atoms with Crippen LogP contribution in [0.3, 0.4) is 0 Å². The Labute approximate surface area is 167 Å². The van der Waals surface area contributed by atoms with Crippen molar-refractivity contribution in [3.05, 3.63) is 53.9 Å². The summed E-state index contributed by atoms with van der Waals surface area (Å²) in [5.41, 5.74) is 0.654. The van der Waals surface area contributed by atoms with Crippen LogP contribution in [0.5, 0.6) is 0 Å². The largest absolute Gasteiger partial charge is 0.341 e. The number of nitrogens with one attached hydrogen (secondary N) is 1. The summed E-state index contributed by atoms with van der Waals surface area (Å²) in [5, 5.41) is 2.85. The first-order chi connectivity index (χ1) is 14.0. The smallest absolute Gasteiger partial charge is 0.241 e. The van der Waals surface area contributed by atoms with Gasteiger partial charge in [0.15, 0.2) is 0 Å². The van der Waals surface area contributed by atoms with E-state index in [1.165, 1.54) is 12.1 Å². The summed E-state index contributed by atoms with van der Waals surface area (Å²) in [6, 6.07) is 5.16. The number of fused-ring (bicyclic) bond motifs is 1. The number of halogens is 1. The van der Waals surface area contributed by atoms with Crippen LogP contribution >= 0.6 is 0 Å². The third-order valence-corrected chi connectivity index (χ3v) is 5.86. The van der Waals surface area contributed by atoms with Gasteiger partial charge in [-0.15, -0.1) is 0 Å². The number of hydrogen-bond acceptors (Lipinski definition) is 4. The van der Waals surface area contributed by atoms with E-state index in [1.807, 2.05) is 0 Å². The first-order valence-corrected chi connectivity index (χ1v) is 9.83. The van der Waals surface area contributed by atoms with Gasteiger partial charge in [-0.3, -0.25) is 19.3 Å². The molecule has 1 saturated carbocycles. The highest BCUT2D eigenvalue weighted by Gasteiger charge is 2.48. The maximum atomic E-state index is 13.3. The number of hydrogen-bond donors (Lipinski definition) is 1. The number of imide groups is 1. The highest BCUT2D eigenvalue weighted by Crippen LogP contribution is 2.37. The Balaban J connectivity index is 1.53. The van der Waals surface area contributed by atoms with Gasteiger partial charge in [0, 0.05) is 19.4 Å². The summed E-state index contributed by atoms with van der Waals surface area (Å²) in [5.74, 6) is -1.33. The molecule has 0 spiro atoms. The molecule has 0 bridgehead atoms. The average Bonchev–Trinajstić information content (AvgIpc) is 3.24. The van der Waals surface area contributed by atoms with Crippen molar-refractivity contribution in [1.29, 1.82) is 0 Å². The lowest BCUT2D eigenvalue weighted by Gasteiger charge is -2.21. The molecule has 1 aromatic heterocycles. The van der Waals surface area contributed by atoms with Gasteiger partial charge in [-0.25, -0.2) is 9.37 Å². The molecule has 0 radical (unpaired) electrons. The number of benzene rings is 1. The average molecular weight is 398 g/mol. The maximum absolute atomic E-state index is 13.3. The fourth-order valence-electron chi connectivity index (χ4n) is 4.34. The lowest BCUT2D eigenvalue weighted by Crippen LogP contribution is -2.42. The second-order valence-corrected chi connectivity index (χ2v) is 7.71. The van der Waals surface area contributed by atoms with E-state index >= 15 is 0 Å². The number of carbonyl (C=O) groups excluding carboxylic acids is 3. The lowest BCUT2D eigenvalue weighted by atomic mass is 9.81. The van der Waals surface area contributed by atoms with Crippen molar-refractivity contribution in [2.24, 2.45) is 18.9 Å². The number of nitrogens with zero attached hydrogens (tertiary/aromatic N) is 3. The molecule has 3 atom stereocenters. The number of aromatic nitrogens is 2. The fourth-order valence-corrected chi connectivity index (χ4v) is 4.34. The fraction of sp³-hybridized carbons (Fsp3) is 0.429. The molecule has 1 aliphatic heterocycles. The predicted molar refractivity (Wildman–Crippen MR) is 102 cm³/mol. The minimum absolute atomic E-state index is 0.245. The van der Waals surface area contributed by atoms with Crippen LogP contribution in [0.4, 0.5) is 4.39 Å². The van der Waals surface area contributed by atoms with Crippen LogP contribution < -0.4 is 5.32 Å². The molecule has 29 heavy (non-hydrogen) atoms. The summed E-state index contributed by atoms with van der Waals surface area (Å²) in [4.78, 5) is 43.4. The van der Waals surface area contributed by atoms with Crippen molar-refractivity contribution in [2.75, 3.05) is 6.54 Å². The minimum atomic E-state index is -0.627. The third-order valence-electron chi connectivity index (χ3n) is 5.86. The number of carbonyl (C=O) groups is 3. The summed E-state index contributed by atoms with van der Waals surface area (Å²) in [6.45, 7) is -0.313. The molecular formula is C21H23FN4O3. The molecule has 1 aromatic carbocycles. The summed E-state index contributed by atoms with van der Waals surface area (Å²) < 4.78 is 15.1. The van der Waals surface area contributed by atoms with E-state index in [1.54, 1.807) is 36.1 Å². The monoisotopic (exact) mass is 398 g/mol. The molecule has 1 aliphatic carbocycles. The second kappa shape index (κ2) is 7.77. The van der Waals surface area contributed by atoms with Gasteiger partial charge in [-0.05, 0) is 30.5 Å². The van der Waals surface area contributed by atoms with Crippen LogP contribution in [0.2, 0.25) is 0 Å². The number of rotatable bonds is 5. The molecule has 3 unspecified atom stereocenters. The Morgan fingerprint density at radius 2 is 1.79 bits per heavy atom. The van der Waals surface area contributed by atoms with E-state index in [9.17, 15) is 18.8 Å². The normalized spacial score (nSPS) is 22.5. The Morgan fingerprint density at radius 3 is 2.34 bits per heavy atom. The van der Waals surface area contributed by atoms with Gasteiger partial charge < -0.3 is 9.88 Å². The Kier molecular flexibility index (Phi) is 5.17. The molecule has 1 N–H and O–H groups in total. The SMILES string of the molecule is Cn1ccnc1C(NC(=O)CN1C(=O)C2CCCCC2C1=O)c1ccc(F)cc1. The summed E-state index contributed by atoms with van der Waals surface area (Å²) >= 11 is 0. The summed E-state index contributed by atoms with van der Waals surface area (Å²) in [6.07, 6.45) is 6.64. The zero-order valence-corrected chi connectivity index (χ0v) is 16.2. The number of imidazole rings is 1. The molecule has 2 fully saturated rings. The third kappa shape index (κ3) is 3.66. The van der Waals surface area contributed by atoms with E-state index < -0.39 is 11.9 Å². The van der Waals surface area contributed by atoms with Gasteiger partial charge in [0.05, 0.1) is 11.8 Å².